The van der Waals surface area contributed by atoms with E-state index in [1.54, 1.807) is 44.7 Å². The van der Waals surface area contributed by atoms with Crippen LogP contribution in [0.2, 0.25) is 0 Å². The number of alkyl carbamates (subject to hydrolysis) is 1. The van der Waals surface area contributed by atoms with Crippen LogP contribution in [-0.4, -0.2) is 59.6 Å². The number of ether oxygens (including phenoxy) is 4. The maximum absolute atomic E-state index is 14.2. The molecule has 4 atom stereocenters. The molecule has 1 aliphatic heterocycles. The van der Waals surface area contributed by atoms with E-state index in [1.807, 2.05) is 13.8 Å². The summed E-state index contributed by atoms with van der Waals surface area (Å²) in [6, 6.07) is 3.79. The summed E-state index contributed by atoms with van der Waals surface area (Å²) in [5.74, 6) is -1.53. The lowest BCUT2D eigenvalue weighted by Crippen LogP contribution is -2.56. The summed E-state index contributed by atoms with van der Waals surface area (Å²) in [5, 5.41) is 2.59. The number of carbonyl (C=O) groups is 4. The molecule has 0 aromatic heterocycles. The van der Waals surface area contributed by atoms with Crippen molar-refractivity contribution in [3.63, 3.8) is 0 Å². The number of hydrogen-bond acceptors (Lipinski definition) is 8. The smallest absolute Gasteiger partial charge is 0.444 e. The van der Waals surface area contributed by atoms with Crippen LogP contribution in [-0.2, 0) is 28.5 Å². The van der Waals surface area contributed by atoms with Gasteiger partial charge in [-0.3, -0.25) is 9.59 Å². The van der Waals surface area contributed by atoms with Crippen LogP contribution in [0.5, 0.6) is 0 Å². The highest BCUT2D eigenvalue weighted by Gasteiger charge is 2.54. The Morgan fingerprint density at radius 1 is 1.05 bits per heavy atom. The fourth-order valence-corrected chi connectivity index (χ4v) is 5.20. The van der Waals surface area contributed by atoms with Gasteiger partial charge in [-0.2, -0.15) is 0 Å². The summed E-state index contributed by atoms with van der Waals surface area (Å²) < 4.78 is 34.9. The van der Waals surface area contributed by atoms with E-state index < -0.39 is 65.4 Å². The average molecular weight is 567 g/mol. The zero-order valence-corrected chi connectivity index (χ0v) is 24.7. The maximum atomic E-state index is 14.2. The number of nitrogens with one attached hydrogen (secondary N) is 1. The van der Waals surface area contributed by atoms with Gasteiger partial charge >= 0.3 is 18.2 Å². The van der Waals surface area contributed by atoms with E-state index in [-0.39, 0.29) is 6.61 Å². The molecule has 1 saturated heterocycles. The Morgan fingerprint density at radius 3 is 2.25 bits per heavy atom. The van der Waals surface area contributed by atoms with E-state index in [1.165, 1.54) is 26.0 Å². The second-order valence-electron chi connectivity index (χ2n) is 10.9. The molecule has 1 heterocycles. The largest absolute Gasteiger partial charge is 0.511 e. The van der Waals surface area contributed by atoms with Crippen molar-refractivity contribution in [2.45, 2.75) is 111 Å². The third kappa shape index (κ3) is 8.08. The van der Waals surface area contributed by atoms with Gasteiger partial charge in [0.15, 0.2) is 0 Å². The molecule has 1 aliphatic rings. The van der Waals surface area contributed by atoms with Crippen molar-refractivity contribution in [1.82, 2.24) is 10.2 Å². The van der Waals surface area contributed by atoms with Gasteiger partial charge in [-0.15, -0.1) is 0 Å². The van der Waals surface area contributed by atoms with E-state index in [9.17, 15) is 23.6 Å². The molecule has 40 heavy (non-hydrogen) atoms. The van der Waals surface area contributed by atoms with Crippen LogP contribution in [0, 0.1) is 11.2 Å². The predicted octanol–water partition coefficient (Wildman–Crippen LogP) is 5.64. The maximum Gasteiger partial charge on any atom is 0.511 e. The predicted molar refractivity (Wildman–Crippen MR) is 145 cm³/mol. The molecule has 1 aromatic rings. The summed E-state index contributed by atoms with van der Waals surface area (Å²) in [6.07, 6.45) is -1.43. The summed E-state index contributed by atoms with van der Waals surface area (Å²) in [6.45, 7) is 13.5. The highest BCUT2D eigenvalue weighted by atomic mass is 19.1. The fraction of sp³-hybridized carbons (Fsp3) is 0.655. The Balaban J connectivity index is 2.44. The number of likely N-dealkylation sites (tertiary alicyclic amines) is 1. The van der Waals surface area contributed by atoms with E-state index in [0.29, 0.717) is 31.2 Å². The highest BCUT2D eigenvalue weighted by molar-refractivity contribution is 5.87. The van der Waals surface area contributed by atoms with Crippen molar-refractivity contribution in [3.8, 4) is 0 Å². The minimum atomic E-state index is -1.22. The van der Waals surface area contributed by atoms with Crippen LogP contribution in [0.1, 0.15) is 92.7 Å². The zero-order chi connectivity index (χ0) is 30.3. The Bertz CT molecular complexity index is 1050. The van der Waals surface area contributed by atoms with Crippen molar-refractivity contribution in [1.29, 1.82) is 0 Å². The summed E-state index contributed by atoms with van der Waals surface area (Å²) >= 11 is 0. The molecule has 2 rings (SSSR count). The first-order chi connectivity index (χ1) is 18.7. The quantitative estimate of drug-likeness (QED) is 0.219. The normalized spacial score (nSPS) is 18.9. The molecule has 0 saturated carbocycles. The lowest BCUT2D eigenvalue weighted by Gasteiger charge is -2.43. The van der Waals surface area contributed by atoms with Crippen LogP contribution in [0.3, 0.4) is 0 Å². The number of hydrogen-bond donors (Lipinski definition) is 1. The molecule has 1 unspecified atom stereocenters. The van der Waals surface area contributed by atoms with Gasteiger partial charge in [0.1, 0.15) is 17.5 Å². The van der Waals surface area contributed by atoms with Gasteiger partial charge in [0.25, 0.3) is 0 Å². The molecular formula is C29H43FN2O8. The molecule has 224 valence electrons. The molecule has 1 fully saturated rings. The van der Waals surface area contributed by atoms with Gasteiger partial charge in [0.2, 0.25) is 12.2 Å². The third-order valence-electron chi connectivity index (χ3n) is 7.08. The van der Waals surface area contributed by atoms with Gasteiger partial charge in [-0.05, 0) is 78.0 Å². The number of esters is 1. The molecule has 10 nitrogen and oxygen atoms in total. The standard InChI is InChI=1S/C29H43FN2O8/c1-9-29(10-2,25(34)38-19(5)39-27(36)37-11-3)23-16-15-22(20-13-12-14-21(30)17-20)32(23)24(33)18(4)31-26(35)40-28(6,7)8/h12-14,17-19,22-23H,9-11,15-16H2,1-8H3,(H,31,35)/t18-,19?,22+,23-/m1/s1. The van der Waals surface area contributed by atoms with Crippen molar-refractivity contribution in [2.24, 2.45) is 5.41 Å². The Kier molecular flexibility index (Phi) is 11.3. The minimum absolute atomic E-state index is 0.101. The number of rotatable bonds is 10. The van der Waals surface area contributed by atoms with E-state index in [4.69, 9.17) is 18.9 Å². The first-order valence-corrected chi connectivity index (χ1v) is 13.8. The number of halogens is 1. The molecular weight excluding hydrogens is 523 g/mol. The van der Waals surface area contributed by atoms with Gasteiger partial charge in [-0.25, -0.2) is 14.0 Å². The van der Waals surface area contributed by atoms with Crippen molar-refractivity contribution in [3.05, 3.63) is 35.6 Å². The molecule has 0 bridgehead atoms. The van der Waals surface area contributed by atoms with Crippen LogP contribution in [0.4, 0.5) is 14.0 Å². The molecule has 2 amide bonds. The first-order valence-electron chi connectivity index (χ1n) is 13.8. The second kappa shape index (κ2) is 13.8. The van der Waals surface area contributed by atoms with Gasteiger partial charge in [0.05, 0.1) is 18.1 Å². The topological polar surface area (TPSA) is 120 Å². The lowest BCUT2D eigenvalue weighted by atomic mass is 9.74. The highest BCUT2D eigenvalue weighted by Crippen LogP contribution is 2.47. The van der Waals surface area contributed by atoms with Crippen LogP contribution in [0.15, 0.2) is 24.3 Å². The van der Waals surface area contributed by atoms with E-state index in [2.05, 4.69) is 5.32 Å². The Labute approximate surface area is 235 Å². The molecule has 11 heteroatoms. The molecule has 0 spiro atoms. The Morgan fingerprint density at radius 2 is 1.70 bits per heavy atom. The van der Waals surface area contributed by atoms with Crippen LogP contribution in [0.25, 0.3) is 0 Å². The summed E-state index contributed by atoms with van der Waals surface area (Å²) in [5.41, 5.74) is -1.36. The van der Waals surface area contributed by atoms with Crippen LogP contribution < -0.4 is 5.32 Å². The summed E-state index contributed by atoms with van der Waals surface area (Å²) in [7, 11) is 0. The van der Waals surface area contributed by atoms with Crippen LogP contribution >= 0.6 is 0 Å². The van der Waals surface area contributed by atoms with Crippen molar-refractivity contribution >= 4 is 24.1 Å². The molecule has 0 radical (unpaired) electrons. The van der Waals surface area contributed by atoms with Gasteiger partial charge in [0, 0.05) is 13.0 Å². The fourth-order valence-electron chi connectivity index (χ4n) is 5.20. The van der Waals surface area contributed by atoms with Crippen molar-refractivity contribution < 1.29 is 42.5 Å². The average Bonchev–Trinajstić information content (AvgIpc) is 3.29. The second-order valence-corrected chi connectivity index (χ2v) is 10.9. The zero-order valence-electron chi connectivity index (χ0n) is 24.7. The van der Waals surface area contributed by atoms with E-state index >= 15 is 0 Å². The van der Waals surface area contributed by atoms with Gasteiger partial charge in [-0.1, -0.05) is 26.0 Å². The van der Waals surface area contributed by atoms with Gasteiger partial charge < -0.3 is 29.2 Å². The van der Waals surface area contributed by atoms with E-state index in [0.717, 1.165) is 0 Å². The third-order valence-corrected chi connectivity index (χ3v) is 7.08. The van der Waals surface area contributed by atoms with Crippen molar-refractivity contribution in [2.75, 3.05) is 6.61 Å². The number of benzene rings is 1. The SMILES string of the molecule is CCOC(=O)OC(C)OC(=O)C(CC)(CC)[C@H]1CC[C@@H](c2cccc(F)c2)N1C(=O)[C@@H](C)NC(=O)OC(C)(C)C. The summed E-state index contributed by atoms with van der Waals surface area (Å²) in [4.78, 5) is 53.4. The number of amides is 2. The number of carbonyl (C=O) groups excluding carboxylic acids is 4. The molecule has 1 aromatic carbocycles. The minimum Gasteiger partial charge on any atom is -0.444 e. The Hall–Kier alpha value is -3.37. The number of nitrogens with zero attached hydrogens (tertiary/aromatic N) is 1. The molecule has 0 aliphatic carbocycles. The molecule has 1 N–H and O–H groups in total. The lowest BCUT2D eigenvalue weighted by molar-refractivity contribution is -0.185. The monoisotopic (exact) mass is 566 g/mol. The first kappa shape index (κ1) is 32.8.